The first-order chi connectivity index (χ1) is 9.33. The molecular formula is C17H11ClS. The maximum atomic E-state index is 6.26. The molecule has 1 aliphatic rings. The molecule has 4 rings (SSSR count). The quantitative estimate of drug-likeness (QED) is 0.391. The van der Waals surface area contributed by atoms with Gasteiger partial charge in [0.1, 0.15) is 0 Å². The summed E-state index contributed by atoms with van der Waals surface area (Å²) >= 11 is 7.93. The third-order valence-corrected chi connectivity index (χ3v) is 4.95. The van der Waals surface area contributed by atoms with Crippen LogP contribution in [0, 0.1) is 0 Å². The van der Waals surface area contributed by atoms with E-state index >= 15 is 0 Å². The number of thiophene rings is 1. The molecule has 2 aromatic carbocycles. The van der Waals surface area contributed by atoms with Crippen LogP contribution in [0.25, 0.3) is 21.6 Å². The fraction of sp³-hybridized carbons (Fsp3) is 0.0588. The van der Waals surface area contributed by atoms with Crippen molar-refractivity contribution in [2.45, 2.75) is 6.42 Å². The van der Waals surface area contributed by atoms with Crippen LogP contribution in [0.3, 0.4) is 0 Å². The Kier molecular flexibility index (Phi) is 2.51. The number of benzene rings is 2. The molecule has 19 heavy (non-hydrogen) atoms. The second-order valence-corrected chi connectivity index (χ2v) is 6.47. The van der Waals surface area contributed by atoms with Crippen molar-refractivity contribution in [1.82, 2.24) is 0 Å². The molecular weight excluding hydrogens is 272 g/mol. The Labute approximate surface area is 121 Å². The molecule has 0 amide bonds. The van der Waals surface area contributed by atoms with E-state index < -0.39 is 0 Å². The molecule has 1 aromatic heterocycles. The maximum Gasteiger partial charge on any atom is 0.0941 e. The van der Waals surface area contributed by atoms with Gasteiger partial charge in [0.05, 0.1) is 4.34 Å². The van der Waals surface area contributed by atoms with Crippen molar-refractivity contribution >= 4 is 22.9 Å². The van der Waals surface area contributed by atoms with Crippen molar-refractivity contribution < 1.29 is 0 Å². The summed E-state index contributed by atoms with van der Waals surface area (Å²) in [5.74, 6) is 0. The van der Waals surface area contributed by atoms with Crippen LogP contribution < -0.4 is 0 Å². The fourth-order valence-electron chi connectivity index (χ4n) is 2.80. The van der Waals surface area contributed by atoms with Gasteiger partial charge in [0, 0.05) is 10.4 Å². The van der Waals surface area contributed by atoms with Gasteiger partial charge < -0.3 is 0 Å². The molecule has 0 atom stereocenters. The maximum absolute atomic E-state index is 6.26. The summed E-state index contributed by atoms with van der Waals surface area (Å²) in [5, 5.41) is 0. The fourth-order valence-corrected chi connectivity index (χ4v) is 4.10. The van der Waals surface area contributed by atoms with Gasteiger partial charge in [0.15, 0.2) is 0 Å². The van der Waals surface area contributed by atoms with Gasteiger partial charge in [-0.1, -0.05) is 60.1 Å². The average molecular weight is 283 g/mol. The molecule has 0 saturated carbocycles. The second kappa shape index (κ2) is 4.22. The zero-order valence-electron chi connectivity index (χ0n) is 10.2. The van der Waals surface area contributed by atoms with Gasteiger partial charge in [-0.3, -0.25) is 0 Å². The minimum Gasteiger partial charge on any atom is -0.123 e. The highest BCUT2D eigenvalue weighted by Crippen LogP contribution is 2.46. The van der Waals surface area contributed by atoms with E-state index in [2.05, 4.69) is 54.6 Å². The minimum absolute atomic E-state index is 0.858. The zero-order chi connectivity index (χ0) is 12.8. The van der Waals surface area contributed by atoms with E-state index in [4.69, 9.17) is 11.6 Å². The molecule has 0 nitrogen and oxygen atoms in total. The molecule has 3 aromatic rings. The van der Waals surface area contributed by atoms with Crippen molar-refractivity contribution in [3.05, 3.63) is 70.1 Å². The highest BCUT2D eigenvalue weighted by molar-refractivity contribution is 7.20. The Balaban J connectivity index is 2.12. The van der Waals surface area contributed by atoms with Crippen LogP contribution in [-0.2, 0) is 6.42 Å². The Morgan fingerprint density at radius 1 is 0.789 bits per heavy atom. The molecule has 0 bridgehead atoms. The lowest BCUT2D eigenvalue weighted by Gasteiger charge is -2.05. The highest BCUT2D eigenvalue weighted by atomic mass is 35.5. The lowest BCUT2D eigenvalue weighted by molar-refractivity contribution is 1.21. The van der Waals surface area contributed by atoms with Gasteiger partial charge in [-0.15, -0.1) is 11.3 Å². The molecule has 0 N–H and O–H groups in total. The van der Waals surface area contributed by atoms with Crippen LogP contribution in [0.2, 0.25) is 4.34 Å². The third-order valence-electron chi connectivity index (χ3n) is 3.65. The van der Waals surface area contributed by atoms with Crippen LogP contribution in [0.4, 0.5) is 0 Å². The lowest BCUT2D eigenvalue weighted by Crippen LogP contribution is -1.89. The van der Waals surface area contributed by atoms with Gasteiger partial charge in [-0.2, -0.15) is 0 Å². The van der Waals surface area contributed by atoms with E-state index in [9.17, 15) is 0 Å². The van der Waals surface area contributed by atoms with Crippen LogP contribution in [0.1, 0.15) is 11.1 Å². The summed E-state index contributed by atoms with van der Waals surface area (Å²) in [6.07, 6.45) is 0.991. The van der Waals surface area contributed by atoms with E-state index in [0.29, 0.717) is 0 Å². The standard InChI is InChI=1S/C17H11ClS/c18-16-10-15-13-7-3-1-5-11(13)9-12-6-2-4-8-14(12)17(15)19-16/h1-8,10H,9H2. The average Bonchev–Trinajstić information content (AvgIpc) is 2.76. The summed E-state index contributed by atoms with van der Waals surface area (Å²) in [5.41, 5.74) is 6.67. The van der Waals surface area contributed by atoms with Crippen LogP contribution in [-0.4, -0.2) is 0 Å². The van der Waals surface area contributed by atoms with Crippen LogP contribution in [0.15, 0.2) is 54.6 Å². The monoisotopic (exact) mass is 282 g/mol. The summed E-state index contributed by atoms with van der Waals surface area (Å²) in [7, 11) is 0. The predicted molar refractivity (Wildman–Crippen MR) is 83.0 cm³/mol. The molecule has 1 aliphatic carbocycles. The first-order valence-corrected chi connectivity index (χ1v) is 7.48. The zero-order valence-corrected chi connectivity index (χ0v) is 11.8. The van der Waals surface area contributed by atoms with Gasteiger partial charge in [0.2, 0.25) is 0 Å². The lowest BCUT2D eigenvalue weighted by atomic mass is 9.99. The van der Waals surface area contributed by atoms with Crippen molar-refractivity contribution in [1.29, 1.82) is 0 Å². The van der Waals surface area contributed by atoms with Gasteiger partial charge in [-0.25, -0.2) is 0 Å². The molecule has 0 unspecified atom stereocenters. The first kappa shape index (κ1) is 11.3. The van der Waals surface area contributed by atoms with Crippen molar-refractivity contribution in [2.24, 2.45) is 0 Å². The number of hydrogen-bond acceptors (Lipinski definition) is 1. The molecule has 0 spiro atoms. The molecule has 1 heterocycles. The Morgan fingerprint density at radius 2 is 1.42 bits per heavy atom. The SMILES string of the molecule is Clc1cc2c(s1)-c1ccccc1Cc1ccccc1-2. The van der Waals surface area contributed by atoms with E-state index in [1.165, 1.54) is 32.7 Å². The van der Waals surface area contributed by atoms with Crippen molar-refractivity contribution in [3.63, 3.8) is 0 Å². The molecule has 0 saturated heterocycles. The number of halogens is 1. The molecule has 2 heteroatoms. The molecule has 92 valence electrons. The normalized spacial score (nSPS) is 12.3. The summed E-state index contributed by atoms with van der Waals surface area (Å²) in [4.78, 5) is 1.30. The van der Waals surface area contributed by atoms with Gasteiger partial charge >= 0.3 is 0 Å². The number of fused-ring (bicyclic) bond motifs is 5. The van der Waals surface area contributed by atoms with Crippen LogP contribution in [0.5, 0.6) is 0 Å². The predicted octanol–water partition coefficient (Wildman–Crippen LogP) is 5.64. The van der Waals surface area contributed by atoms with E-state index in [0.717, 1.165) is 10.8 Å². The Morgan fingerprint density at radius 3 is 2.21 bits per heavy atom. The second-order valence-electron chi connectivity index (χ2n) is 4.78. The summed E-state index contributed by atoms with van der Waals surface area (Å²) in [6.45, 7) is 0. The van der Waals surface area contributed by atoms with Gasteiger partial charge in [-0.05, 0) is 34.7 Å². The summed E-state index contributed by atoms with van der Waals surface area (Å²) in [6, 6.07) is 19.4. The summed E-state index contributed by atoms with van der Waals surface area (Å²) < 4.78 is 0.858. The molecule has 0 aliphatic heterocycles. The van der Waals surface area contributed by atoms with Gasteiger partial charge in [0.25, 0.3) is 0 Å². The largest absolute Gasteiger partial charge is 0.123 e. The number of rotatable bonds is 0. The van der Waals surface area contributed by atoms with E-state index in [-0.39, 0.29) is 0 Å². The minimum atomic E-state index is 0.858. The van der Waals surface area contributed by atoms with E-state index in [1.807, 2.05) is 0 Å². The Hall–Kier alpha value is -1.57. The van der Waals surface area contributed by atoms with Crippen molar-refractivity contribution in [2.75, 3.05) is 0 Å². The highest BCUT2D eigenvalue weighted by Gasteiger charge is 2.20. The van der Waals surface area contributed by atoms with Crippen molar-refractivity contribution in [3.8, 4) is 21.6 Å². The van der Waals surface area contributed by atoms with E-state index in [1.54, 1.807) is 11.3 Å². The molecule has 0 fully saturated rings. The Bertz CT molecular complexity index is 707. The topological polar surface area (TPSA) is 0 Å². The number of hydrogen-bond donors (Lipinski definition) is 0. The third kappa shape index (κ3) is 1.73. The first-order valence-electron chi connectivity index (χ1n) is 6.29. The molecule has 0 radical (unpaired) electrons. The van der Waals surface area contributed by atoms with Crippen LogP contribution >= 0.6 is 22.9 Å². The smallest absolute Gasteiger partial charge is 0.0941 e.